The number of nitrogens with zero attached hydrogens (tertiary/aromatic N) is 1. The van der Waals surface area contributed by atoms with Crippen LogP contribution in [0.4, 0.5) is 0 Å². The van der Waals surface area contributed by atoms with Crippen LogP contribution in [0.3, 0.4) is 0 Å². The highest BCUT2D eigenvalue weighted by atomic mass is 16.5. The summed E-state index contributed by atoms with van der Waals surface area (Å²) in [5, 5.41) is 2.96. The third-order valence-electron chi connectivity index (χ3n) is 3.83. The molecule has 1 atom stereocenters. The first-order chi connectivity index (χ1) is 8.66. The Morgan fingerprint density at radius 1 is 1.39 bits per heavy atom. The van der Waals surface area contributed by atoms with Crippen molar-refractivity contribution in [3.63, 3.8) is 0 Å². The van der Waals surface area contributed by atoms with E-state index in [2.05, 4.69) is 5.32 Å². The maximum atomic E-state index is 11.9. The van der Waals surface area contributed by atoms with Crippen molar-refractivity contribution in [2.45, 2.75) is 38.2 Å². The summed E-state index contributed by atoms with van der Waals surface area (Å²) in [4.78, 5) is 24.8. The Kier molecular flexibility index (Phi) is 4.58. The highest BCUT2D eigenvalue weighted by molar-refractivity contribution is 5.79. The third-order valence-corrected chi connectivity index (χ3v) is 3.83. The van der Waals surface area contributed by atoms with E-state index in [9.17, 15) is 9.59 Å². The van der Waals surface area contributed by atoms with Crippen LogP contribution in [-0.2, 0) is 14.3 Å². The van der Waals surface area contributed by atoms with Gasteiger partial charge in [0.05, 0.1) is 6.10 Å². The second-order valence-electron chi connectivity index (χ2n) is 5.29. The number of carbonyl (C=O) groups is 2. The van der Waals surface area contributed by atoms with Crippen LogP contribution in [0.1, 0.15) is 32.1 Å². The molecule has 2 rings (SSSR count). The lowest BCUT2D eigenvalue weighted by Gasteiger charge is -2.30. The molecule has 2 fully saturated rings. The minimum Gasteiger partial charge on any atom is -0.365 e. The van der Waals surface area contributed by atoms with Crippen LogP contribution in [-0.4, -0.2) is 49.6 Å². The summed E-state index contributed by atoms with van der Waals surface area (Å²) in [5.74, 6) is 0.337. The van der Waals surface area contributed by atoms with E-state index >= 15 is 0 Å². The molecule has 1 aliphatic carbocycles. The summed E-state index contributed by atoms with van der Waals surface area (Å²) in [6, 6.07) is 0. The van der Waals surface area contributed by atoms with Crippen LogP contribution in [0, 0.1) is 5.92 Å². The molecule has 0 aromatic carbocycles. The summed E-state index contributed by atoms with van der Waals surface area (Å²) >= 11 is 0. The van der Waals surface area contributed by atoms with Crippen molar-refractivity contribution < 1.29 is 14.3 Å². The monoisotopic (exact) mass is 254 g/mol. The van der Waals surface area contributed by atoms with E-state index in [4.69, 9.17) is 4.74 Å². The quantitative estimate of drug-likeness (QED) is 0.799. The maximum absolute atomic E-state index is 11.9. The average Bonchev–Trinajstić information content (AvgIpc) is 2.41. The predicted octanol–water partition coefficient (Wildman–Crippen LogP) is 0.540. The molecule has 0 aromatic rings. The molecule has 102 valence electrons. The fourth-order valence-corrected chi connectivity index (χ4v) is 2.61. The minimum atomic E-state index is -0.0692. The van der Waals surface area contributed by atoms with Crippen LogP contribution in [0.15, 0.2) is 0 Å². The van der Waals surface area contributed by atoms with Crippen LogP contribution in [0.5, 0.6) is 0 Å². The van der Waals surface area contributed by atoms with Crippen LogP contribution < -0.4 is 5.32 Å². The molecule has 0 radical (unpaired) electrons. The number of morpholine rings is 1. The number of ether oxygens (including phenoxy) is 1. The van der Waals surface area contributed by atoms with Gasteiger partial charge in [-0.2, -0.15) is 0 Å². The maximum Gasteiger partial charge on any atom is 0.248 e. The topological polar surface area (TPSA) is 58.6 Å². The molecule has 18 heavy (non-hydrogen) atoms. The van der Waals surface area contributed by atoms with Crippen molar-refractivity contribution in [2.24, 2.45) is 5.92 Å². The number of hydrogen-bond acceptors (Lipinski definition) is 3. The Bertz CT molecular complexity index is 313. The minimum absolute atomic E-state index is 0.00450. The first kappa shape index (κ1) is 13.3. The normalized spacial score (nSPS) is 26.2. The SMILES string of the molecule is CN1CC(CNC(=O)C2CCCCC2)OCC1=O. The van der Waals surface area contributed by atoms with Gasteiger partial charge in [0, 0.05) is 26.1 Å². The number of hydrogen-bond donors (Lipinski definition) is 1. The van der Waals surface area contributed by atoms with Crippen molar-refractivity contribution in [3.05, 3.63) is 0 Å². The zero-order chi connectivity index (χ0) is 13.0. The zero-order valence-electron chi connectivity index (χ0n) is 11.0. The first-order valence-corrected chi connectivity index (χ1v) is 6.80. The third kappa shape index (κ3) is 3.45. The molecule has 0 aromatic heterocycles. The molecule has 5 nitrogen and oxygen atoms in total. The van der Waals surface area contributed by atoms with E-state index in [1.807, 2.05) is 0 Å². The fourth-order valence-electron chi connectivity index (χ4n) is 2.61. The molecular weight excluding hydrogens is 232 g/mol. The van der Waals surface area contributed by atoms with Gasteiger partial charge in [-0.1, -0.05) is 19.3 Å². The number of rotatable bonds is 3. The first-order valence-electron chi connectivity index (χ1n) is 6.80. The van der Waals surface area contributed by atoms with E-state index in [-0.39, 0.29) is 30.4 Å². The number of likely N-dealkylation sites (N-methyl/N-ethyl adjacent to an activating group) is 1. The van der Waals surface area contributed by atoms with E-state index in [0.29, 0.717) is 13.1 Å². The lowest BCUT2D eigenvalue weighted by atomic mass is 9.88. The van der Waals surface area contributed by atoms with Gasteiger partial charge in [0.2, 0.25) is 11.8 Å². The van der Waals surface area contributed by atoms with Gasteiger partial charge in [0.1, 0.15) is 6.61 Å². The molecule has 1 N–H and O–H groups in total. The van der Waals surface area contributed by atoms with Gasteiger partial charge in [-0.25, -0.2) is 0 Å². The van der Waals surface area contributed by atoms with E-state index in [1.54, 1.807) is 11.9 Å². The summed E-state index contributed by atoms with van der Waals surface area (Å²) in [6.07, 6.45) is 5.53. The van der Waals surface area contributed by atoms with Crippen molar-refractivity contribution in [1.82, 2.24) is 10.2 Å². The lowest BCUT2D eigenvalue weighted by molar-refractivity contribution is -0.146. The Morgan fingerprint density at radius 2 is 2.11 bits per heavy atom. The Balaban J connectivity index is 1.70. The number of carbonyl (C=O) groups excluding carboxylic acids is 2. The van der Waals surface area contributed by atoms with Crippen molar-refractivity contribution in [2.75, 3.05) is 26.7 Å². The van der Waals surface area contributed by atoms with Gasteiger partial charge in [0.15, 0.2) is 0 Å². The Morgan fingerprint density at radius 3 is 2.78 bits per heavy atom. The van der Waals surface area contributed by atoms with Crippen molar-refractivity contribution in [1.29, 1.82) is 0 Å². The second kappa shape index (κ2) is 6.18. The number of amides is 2. The van der Waals surface area contributed by atoms with Crippen LogP contribution in [0.25, 0.3) is 0 Å². The highest BCUT2D eigenvalue weighted by Gasteiger charge is 2.25. The lowest BCUT2D eigenvalue weighted by Crippen LogP contribution is -2.49. The van der Waals surface area contributed by atoms with E-state index in [1.165, 1.54) is 6.42 Å². The summed E-state index contributed by atoms with van der Waals surface area (Å²) < 4.78 is 5.39. The highest BCUT2D eigenvalue weighted by Crippen LogP contribution is 2.23. The Hall–Kier alpha value is -1.10. The molecule has 1 saturated heterocycles. The molecule has 1 unspecified atom stereocenters. The van der Waals surface area contributed by atoms with Crippen molar-refractivity contribution in [3.8, 4) is 0 Å². The zero-order valence-corrected chi connectivity index (χ0v) is 11.0. The van der Waals surface area contributed by atoms with Gasteiger partial charge < -0.3 is 15.0 Å². The van der Waals surface area contributed by atoms with Crippen molar-refractivity contribution >= 4 is 11.8 Å². The molecule has 2 amide bonds. The largest absolute Gasteiger partial charge is 0.365 e. The summed E-state index contributed by atoms with van der Waals surface area (Å²) in [6.45, 7) is 1.19. The van der Waals surface area contributed by atoms with Crippen LogP contribution in [0.2, 0.25) is 0 Å². The van der Waals surface area contributed by atoms with Gasteiger partial charge in [-0.05, 0) is 12.8 Å². The molecule has 2 aliphatic rings. The van der Waals surface area contributed by atoms with Gasteiger partial charge in [-0.3, -0.25) is 9.59 Å². The van der Waals surface area contributed by atoms with Gasteiger partial charge in [-0.15, -0.1) is 0 Å². The van der Waals surface area contributed by atoms with E-state index in [0.717, 1.165) is 25.7 Å². The van der Waals surface area contributed by atoms with Gasteiger partial charge >= 0.3 is 0 Å². The molecule has 1 aliphatic heterocycles. The standard InChI is InChI=1S/C13H22N2O3/c1-15-8-11(18-9-12(15)16)7-14-13(17)10-5-3-2-4-6-10/h10-11H,2-9H2,1H3,(H,14,17). The summed E-state index contributed by atoms with van der Waals surface area (Å²) in [5.41, 5.74) is 0. The number of nitrogens with one attached hydrogen (secondary N) is 1. The molecule has 0 bridgehead atoms. The predicted molar refractivity (Wildman–Crippen MR) is 67.0 cm³/mol. The Labute approximate surface area is 108 Å². The van der Waals surface area contributed by atoms with E-state index < -0.39 is 0 Å². The fraction of sp³-hybridized carbons (Fsp3) is 0.846. The second-order valence-corrected chi connectivity index (χ2v) is 5.29. The molecule has 1 saturated carbocycles. The van der Waals surface area contributed by atoms with Gasteiger partial charge in [0.25, 0.3) is 0 Å². The molecule has 1 heterocycles. The molecule has 5 heteroatoms. The molecule has 0 spiro atoms. The summed E-state index contributed by atoms with van der Waals surface area (Å²) in [7, 11) is 1.76. The molecular formula is C13H22N2O3. The smallest absolute Gasteiger partial charge is 0.248 e. The average molecular weight is 254 g/mol. The van der Waals surface area contributed by atoms with Crippen LogP contribution >= 0.6 is 0 Å².